The largest absolute Gasteiger partial charge is 0.361 e. The molecule has 0 bridgehead atoms. The minimum Gasteiger partial charge on any atom is -0.361 e. The van der Waals surface area contributed by atoms with Gasteiger partial charge in [0.15, 0.2) is 0 Å². The molecule has 1 unspecified atom stereocenters. The number of H-pyrrole nitrogens is 1. The third-order valence-electron chi connectivity index (χ3n) is 5.60. The van der Waals surface area contributed by atoms with E-state index in [0.29, 0.717) is 30.1 Å². The fraction of sp³-hybridized carbons (Fsp3) is 0.250. The van der Waals surface area contributed by atoms with Crippen LogP contribution in [0.2, 0.25) is 5.02 Å². The molecule has 1 aliphatic rings. The number of nitrogens with one attached hydrogen (secondary N) is 2. The predicted molar refractivity (Wildman–Crippen MR) is 120 cm³/mol. The first-order chi connectivity index (χ1) is 14.5. The molecule has 1 aliphatic heterocycles. The van der Waals surface area contributed by atoms with Crippen molar-refractivity contribution in [2.24, 2.45) is 0 Å². The molecular formula is C24H24ClN3O2. The number of nitrogens with zero attached hydrogens (tertiary/aromatic N) is 1. The first-order valence-corrected chi connectivity index (χ1v) is 10.5. The van der Waals surface area contributed by atoms with E-state index in [1.165, 1.54) is 0 Å². The van der Waals surface area contributed by atoms with Crippen LogP contribution in [0.3, 0.4) is 0 Å². The molecule has 154 valence electrons. The summed E-state index contributed by atoms with van der Waals surface area (Å²) >= 11 is 6.20. The number of piperidine rings is 1. The molecule has 2 N–H and O–H groups in total. The number of aromatic amines is 1. The number of amides is 2. The highest BCUT2D eigenvalue weighted by atomic mass is 35.5. The first kappa shape index (κ1) is 20.2. The van der Waals surface area contributed by atoms with Gasteiger partial charge in [0.2, 0.25) is 5.91 Å². The van der Waals surface area contributed by atoms with Gasteiger partial charge in [-0.05, 0) is 36.6 Å². The Kier molecular flexibility index (Phi) is 5.91. The van der Waals surface area contributed by atoms with E-state index in [0.717, 1.165) is 34.9 Å². The molecule has 0 aliphatic carbocycles. The molecular weight excluding hydrogens is 398 g/mol. The lowest BCUT2D eigenvalue weighted by Gasteiger charge is -2.31. The smallest absolute Gasteiger partial charge is 0.253 e. The van der Waals surface area contributed by atoms with Crippen LogP contribution in [0.15, 0.2) is 66.9 Å². The number of halogens is 1. The Bertz CT molecular complexity index is 1090. The summed E-state index contributed by atoms with van der Waals surface area (Å²) in [6.07, 6.45) is 3.90. The van der Waals surface area contributed by atoms with E-state index in [1.54, 1.807) is 24.3 Å². The molecule has 2 amide bonds. The summed E-state index contributed by atoms with van der Waals surface area (Å²) in [6.45, 7) is 5.28. The van der Waals surface area contributed by atoms with Gasteiger partial charge in [-0.1, -0.05) is 54.1 Å². The van der Waals surface area contributed by atoms with E-state index in [4.69, 9.17) is 11.6 Å². The number of aromatic nitrogens is 1. The summed E-state index contributed by atoms with van der Waals surface area (Å²) in [4.78, 5) is 31.3. The highest BCUT2D eigenvalue weighted by Crippen LogP contribution is 2.22. The lowest BCUT2D eigenvalue weighted by atomic mass is 10.0. The van der Waals surface area contributed by atoms with Crippen LogP contribution >= 0.6 is 11.6 Å². The lowest BCUT2D eigenvalue weighted by Crippen LogP contribution is -2.51. The highest BCUT2D eigenvalue weighted by Gasteiger charge is 2.29. The van der Waals surface area contributed by atoms with E-state index in [9.17, 15) is 9.59 Å². The average Bonchev–Trinajstić information content (AvgIpc) is 3.16. The number of fused-ring (bicyclic) bond motifs is 1. The molecule has 3 aromatic rings. The van der Waals surface area contributed by atoms with E-state index in [-0.39, 0.29) is 11.8 Å². The monoisotopic (exact) mass is 421 g/mol. The van der Waals surface area contributed by atoms with Crippen molar-refractivity contribution in [3.63, 3.8) is 0 Å². The number of likely N-dealkylation sites (tertiary alicyclic amines) is 1. The fourth-order valence-corrected chi connectivity index (χ4v) is 4.09. The fourth-order valence-electron chi connectivity index (χ4n) is 3.87. The maximum absolute atomic E-state index is 13.4. The van der Waals surface area contributed by atoms with Crippen LogP contribution < -0.4 is 5.32 Å². The zero-order valence-electron chi connectivity index (χ0n) is 16.7. The van der Waals surface area contributed by atoms with Gasteiger partial charge in [-0.15, -0.1) is 0 Å². The van der Waals surface area contributed by atoms with Crippen molar-refractivity contribution in [1.82, 2.24) is 15.2 Å². The van der Waals surface area contributed by atoms with Crippen molar-refractivity contribution in [3.05, 3.63) is 83.0 Å². The Morgan fingerprint density at radius 1 is 1.10 bits per heavy atom. The second-order valence-electron chi connectivity index (χ2n) is 7.64. The third-order valence-corrected chi connectivity index (χ3v) is 5.93. The molecule has 2 heterocycles. The van der Waals surface area contributed by atoms with Crippen LogP contribution in [-0.2, 0) is 11.2 Å². The van der Waals surface area contributed by atoms with E-state index >= 15 is 0 Å². The molecule has 0 radical (unpaired) electrons. The van der Waals surface area contributed by atoms with Crippen LogP contribution in [0, 0.1) is 0 Å². The second-order valence-corrected chi connectivity index (χ2v) is 8.05. The second kappa shape index (κ2) is 8.76. The number of para-hydroxylation sites is 1. The Labute approximate surface area is 180 Å². The average molecular weight is 422 g/mol. The van der Waals surface area contributed by atoms with Gasteiger partial charge in [0.05, 0.1) is 10.6 Å². The highest BCUT2D eigenvalue weighted by molar-refractivity contribution is 6.33. The maximum atomic E-state index is 13.4. The SMILES string of the molecule is C=C1CCN(C(=O)C(Cc2c[nH]c3ccccc23)NC(=O)c2ccccc2Cl)CC1. The van der Waals surface area contributed by atoms with E-state index in [2.05, 4.69) is 16.9 Å². The summed E-state index contributed by atoms with van der Waals surface area (Å²) < 4.78 is 0. The minimum atomic E-state index is -0.681. The molecule has 0 saturated carbocycles. The molecule has 4 rings (SSSR count). The molecule has 1 atom stereocenters. The molecule has 5 nitrogen and oxygen atoms in total. The summed E-state index contributed by atoms with van der Waals surface area (Å²) in [7, 11) is 0. The minimum absolute atomic E-state index is 0.0758. The quantitative estimate of drug-likeness (QED) is 0.602. The Morgan fingerprint density at radius 3 is 2.57 bits per heavy atom. The predicted octanol–water partition coefficient (Wildman–Crippen LogP) is 4.34. The molecule has 0 spiro atoms. The number of hydrogen-bond donors (Lipinski definition) is 2. The maximum Gasteiger partial charge on any atom is 0.253 e. The van der Waals surface area contributed by atoms with Gasteiger partial charge in [-0.25, -0.2) is 0 Å². The van der Waals surface area contributed by atoms with Gasteiger partial charge >= 0.3 is 0 Å². The third kappa shape index (κ3) is 4.26. The zero-order chi connectivity index (χ0) is 21.1. The molecule has 1 saturated heterocycles. The number of hydrogen-bond acceptors (Lipinski definition) is 2. The van der Waals surface area contributed by atoms with Gasteiger partial charge in [-0.2, -0.15) is 0 Å². The van der Waals surface area contributed by atoms with Crippen LogP contribution in [0.1, 0.15) is 28.8 Å². The molecule has 30 heavy (non-hydrogen) atoms. The van der Waals surface area contributed by atoms with Gasteiger partial charge in [0.25, 0.3) is 5.91 Å². The summed E-state index contributed by atoms with van der Waals surface area (Å²) in [6, 6.07) is 14.1. The molecule has 1 fully saturated rings. The number of rotatable bonds is 5. The first-order valence-electron chi connectivity index (χ1n) is 10.1. The van der Waals surface area contributed by atoms with E-state index < -0.39 is 6.04 Å². The Morgan fingerprint density at radius 2 is 1.80 bits per heavy atom. The molecule has 2 aromatic carbocycles. The molecule has 6 heteroatoms. The van der Waals surface area contributed by atoms with Crippen LogP contribution in [0.5, 0.6) is 0 Å². The van der Waals surface area contributed by atoms with Gasteiger partial charge in [0, 0.05) is 36.6 Å². The van der Waals surface area contributed by atoms with Gasteiger partial charge in [-0.3, -0.25) is 9.59 Å². The Hall–Kier alpha value is -3.05. The van der Waals surface area contributed by atoms with Crippen molar-refractivity contribution >= 4 is 34.3 Å². The molecule has 1 aromatic heterocycles. The summed E-state index contributed by atoms with van der Waals surface area (Å²) in [5.74, 6) is -0.423. The van der Waals surface area contributed by atoms with Crippen LogP contribution in [-0.4, -0.2) is 40.8 Å². The van der Waals surface area contributed by atoms with Crippen molar-refractivity contribution in [2.45, 2.75) is 25.3 Å². The van der Waals surface area contributed by atoms with E-state index in [1.807, 2.05) is 35.4 Å². The van der Waals surface area contributed by atoms with Crippen LogP contribution in [0.25, 0.3) is 10.9 Å². The number of benzene rings is 2. The normalized spacial score (nSPS) is 15.2. The summed E-state index contributed by atoms with van der Waals surface area (Å²) in [5.41, 5.74) is 3.52. The zero-order valence-corrected chi connectivity index (χ0v) is 17.4. The number of carbonyl (C=O) groups is 2. The summed E-state index contributed by atoms with van der Waals surface area (Å²) in [5, 5.41) is 4.35. The van der Waals surface area contributed by atoms with Crippen molar-refractivity contribution < 1.29 is 9.59 Å². The number of carbonyl (C=O) groups excluding carboxylic acids is 2. The van der Waals surface area contributed by atoms with Crippen LogP contribution in [0.4, 0.5) is 0 Å². The van der Waals surface area contributed by atoms with Crippen molar-refractivity contribution in [3.8, 4) is 0 Å². The Balaban J connectivity index is 1.60. The lowest BCUT2D eigenvalue weighted by molar-refractivity contribution is -0.133. The standard InChI is InChI=1S/C24H24ClN3O2/c1-16-10-12-28(13-11-16)24(30)22(27-23(29)19-7-2-4-8-20(19)25)14-17-15-26-21-9-5-3-6-18(17)21/h2-9,15,22,26H,1,10-14H2,(H,27,29). The van der Waals surface area contributed by atoms with Gasteiger partial charge < -0.3 is 15.2 Å². The van der Waals surface area contributed by atoms with Gasteiger partial charge in [0.1, 0.15) is 6.04 Å². The van der Waals surface area contributed by atoms with Crippen molar-refractivity contribution in [1.29, 1.82) is 0 Å². The van der Waals surface area contributed by atoms with Crippen molar-refractivity contribution in [2.75, 3.05) is 13.1 Å². The topological polar surface area (TPSA) is 65.2 Å².